The number of sulfonamides is 1. The quantitative estimate of drug-likeness (QED) is 0.394. The van der Waals surface area contributed by atoms with Crippen LogP contribution in [0.25, 0.3) is 0 Å². The minimum absolute atomic E-state index is 0.0503. The number of benzene rings is 3. The molecule has 5 rings (SSSR count). The largest absolute Gasteiger partial charge is 0.496 e. The molecule has 1 aliphatic carbocycles. The molecule has 2 aliphatic rings. The number of hydrogen-bond acceptors (Lipinski definition) is 7. The Labute approximate surface area is 223 Å². The van der Waals surface area contributed by atoms with Crippen LogP contribution in [0.15, 0.2) is 59.5 Å². The highest BCUT2D eigenvalue weighted by molar-refractivity contribution is 7.92. The van der Waals surface area contributed by atoms with E-state index < -0.39 is 16.1 Å². The molecule has 3 atom stereocenters. The monoisotopic (exact) mass is 539 g/mol. The van der Waals surface area contributed by atoms with Crippen LogP contribution in [0.5, 0.6) is 23.0 Å². The van der Waals surface area contributed by atoms with Crippen molar-refractivity contribution in [2.45, 2.75) is 48.7 Å². The highest BCUT2D eigenvalue weighted by Crippen LogP contribution is 2.53. The van der Waals surface area contributed by atoms with Crippen molar-refractivity contribution in [3.8, 4) is 23.0 Å². The molecule has 0 saturated heterocycles. The SMILES string of the molecule is COc1ccc(S(=O)(=O)Nc2cccc([C@H]3O[C@@H]4CCCC[C@@H]4c4c(OC)ccc(OC)c43)c2)cc1OC. The smallest absolute Gasteiger partial charge is 0.262 e. The third-order valence-electron chi connectivity index (χ3n) is 7.40. The molecule has 3 aromatic carbocycles. The summed E-state index contributed by atoms with van der Waals surface area (Å²) in [4.78, 5) is 0.0660. The second kappa shape index (κ2) is 10.7. The molecule has 1 fully saturated rings. The molecule has 0 radical (unpaired) electrons. The van der Waals surface area contributed by atoms with Gasteiger partial charge in [0.15, 0.2) is 11.5 Å². The van der Waals surface area contributed by atoms with Crippen LogP contribution in [-0.4, -0.2) is 43.0 Å². The molecule has 38 heavy (non-hydrogen) atoms. The Morgan fingerprint density at radius 3 is 2.13 bits per heavy atom. The number of fused-ring (bicyclic) bond motifs is 3. The lowest BCUT2D eigenvalue weighted by Crippen LogP contribution is -2.34. The Morgan fingerprint density at radius 1 is 0.763 bits per heavy atom. The first-order valence-corrected chi connectivity index (χ1v) is 14.1. The van der Waals surface area contributed by atoms with Gasteiger partial charge < -0.3 is 23.7 Å². The lowest BCUT2D eigenvalue weighted by Gasteiger charge is -2.42. The van der Waals surface area contributed by atoms with E-state index in [4.69, 9.17) is 23.7 Å². The van der Waals surface area contributed by atoms with Crippen molar-refractivity contribution in [2.24, 2.45) is 0 Å². The average molecular weight is 540 g/mol. The Morgan fingerprint density at radius 2 is 1.42 bits per heavy atom. The van der Waals surface area contributed by atoms with Gasteiger partial charge >= 0.3 is 0 Å². The van der Waals surface area contributed by atoms with Crippen molar-refractivity contribution in [2.75, 3.05) is 33.2 Å². The maximum atomic E-state index is 13.3. The van der Waals surface area contributed by atoms with E-state index in [0.29, 0.717) is 17.2 Å². The zero-order valence-electron chi connectivity index (χ0n) is 22.0. The predicted molar refractivity (Wildman–Crippen MR) is 144 cm³/mol. The maximum absolute atomic E-state index is 13.3. The van der Waals surface area contributed by atoms with Crippen molar-refractivity contribution in [3.05, 3.63) is 71.3 Å². The first kappa shape index (κ1) is 26.2. The summed E-state index contributed by atoms with van der Waals surface area (Å²) in [6, 6.07) is 15.7. The fraction of sp³-hybridized carbons (Fsp3) is 0.379. The van der Waals surface area contributed by atoms with Gasteiger partial charge in [0.2, 0.25) is 0 Å². The van der Waals surface area contributed by atoms with Crippen LogP contribution in [0.2, 0.25) is 0 Å². The highest BCUT2D eigenvalue weighted by Gasteiger charge is 2.41. The van der Waals surface area contributed by atoms with E-state index in [9.17, 15) is 8.42 Å². The summed E-state index contributed by atoms with van der Waals surface area (Å²) < 4.78 is 58.0. The average Bonchev–Trinajstić information content (AvgIpc) is 2.95. The van der Waals surface area contributed by atoms with Gasteiger partial charge in [-0.15, -0.1) is 0 Å². The lowest BCUT2D eigenvalue weighted by molar-refractivity contribution is -0.0406. The molecule has 0 bridgehead atoms. The van der Waals surface area contributed by atoms with Crippen LogP contribution in [0.3, 0.4) is 0 Å². The van der Waals surface area contributed by atoms with E-state index in [1.165, 1.54) is 26.4 Å². The van der Waals surface area contributed by atoms with E-state index in [2.05, 4.69) is 4.72 Å². The van der Waals surface area contributed by atoms with Crippen LogP contribution in [0.1, 0.15) is 54.4 Å². The molecule has 202 valence electrons. The number of methoxy groups -OCH3 is 4. The Hall–Kier alpha value is -3.43. The number of anilines is 1. The maximum Gasteiger partial charge on any atom is 0.262 e. The summed E-state index contributed by atoms with van der Waals surface area (Å²) in [6.45, 7) is 0. The van der Waals surface area contributed by atoms with Crippen molar-refractivity contribution < 1.29 is 32.1 Å². The standard InChI is InChI=1S/C29H33NO7S/c1-33-23-13-12-20(17-26(23)36-4)38(31,32)30-19-9-7-8-18(16-19)29-28-25(35-3)15-14-24(34-2)27(28)21-10-5-6-11-22(21)37-29/h7-9,12-17,21-22,29-30H,5-6,10-11H2,1-4H3/t21-,22+,29+/m0/s1. The second-order valence-electron chi connectivity index (χ2n) is 9.49. The Balaban J connectivity index is 1.53. The second-order valence-corrected chi connectivity index (χ2v) is 11.2. The minimum Gasteiger partial charge on any atom is -0.496 e. The summed E-state index contributed by atoms with van der Waals surface area (Å²) in [5.74, 6) is 2.57. The van der Waals surface area contributed by atoms with Gasteiger partial charge in [0, 0.05) is 28.8 Å². The Kier molecular flexibility index (Phi) is 7.40. The molecule has 1 aliphatic heterocycles. The first-order chi connectivity index (χ1) is 18.4. The van der Waals surface area contributed by atoms with Gasteiger partial charge in [0.25, 0.3) is 10.0 Å². The normalized spacial score (nSPS) is 20.6. The molecule has 0 amide bonds. The zero-order chi connectivity index (χ0) is 26.9. The summed E-state index contributed by atoms with van der Waals surface area (Å²) in [5.41, 5.74) is 3.32. The molecule has 1 heterocycles. The summed E-state index contributed by atoms with van der Waals surface area (Å²) in [5, 5.41) is 0. The first-order valence-electron chi connectivity index (χ1n) is 12.6. The van der Waals surface area contributed by atoms with Crippen molar-refractivity contribution in [1.82, 2.24) is 0 Å². The molecular weight excluding hydrogens is 506 g/mol. The van der Waals surface area contributed by atoms with Crippen LogP contribution < -0.4 is 23.7 Å². The van der Waals surface area contributed by atoms with E-state index >= 15 is 0 Å². The fourth-order valence-corrected chi connectivity index (χ4v) is 6.71. The van der Waals surface area contributed by atoms with Crippen LogP contribution in [0, 0.1) is 0 Å². The topological polar surface area (TPSA) is 92.3 Å². The van der Waals surface area contributed by atoms with Gasteiger partial charge in [-0.25, -0.2) is 8.42 Å². The van der Waals surface area contributed by atoms with Crippen LogP contribution in [0.4, 0.5) is 5.69 Å². The van der Waals surface area contributed by atoms with Gasteiger partial charge in [-0.3, -0.25) is 4.72 Å². The zero-order valence-corrected chi connectivity index (χ0v) is 22.8. The number of nitrogens with one attached hydrogen (secondary N) is 1. The molecule has 9 heteroatoms. The third kappa shape index (κ3) is 4.76. The fourth-order valence-electron chi connectivity index (χ4n) is 5.65. The van der Waals surface area contributed by atoms with Crippen molar-refractivity contribution in [1.29, 1.82) is 0 Å². The summed E-state index contributed by atoms with van der Waals surface area (Å²) in [7, 11) is 2.42. The van der Waals surface area contributed by atoms with Crippen molar-refractivity contribution in [3.63, 3.8) is 0 Å². The van der Waals surface area contributed by atoms with Crippen molar-refractivity contribution >= 4 is 15.7 Å². The highest BCUT2D eigenvalue weighted by atomic mass is 32.2. The molecule has 8 nitrogen and oxygen atoms in total. The summed E-state index contributed by atoms with van der Waals surface area (Å²) in [6.07, 6.45) is 3.86. The van der Waals surface area contributed by atoms with Crippen LogP contribution >= 0.6 is 0 Å². The molecule has 0 aromatic heterocycles. The van der Waals surface area contributed by atoms with E-state index in [1.807, 2.05) is 30.3 Å². The lowest BCUT2D eigenvalue weighted by atomic mass is 9.75. The van der Waals surface area contributed by atoms with E-state index in [1.54, 1.807) is 26.4 Å². The van der Waals surface area contributed by atoms with Gasteiger partial charge in [-0.05, 0) is 54.8 Å². The molecule has 0 unspecified atom stereocenters. The minimum atomic E-state index is -3.89. The summed E-state index contributed by atoms with van der Waals surface area (Å²) >= 11 is 0. The number of ether oxygens (including phenoxy) is 5. The Bertz CT molecular complexity index is 1420. The molecule has 0 spiro atoms. The van der Waals surface area contributed by atoms with Gasteiger partial charge in [0.05, 0.1) is 39.4 Å². The number of hydrogen-bond donors (Lipinski definition) is 1. The number of rotatable bonds is 8. The molecule has 1 saturated carbocycles. The van der Waals surface area contributed by atoms with Gasteiger partial charge in [-0.1, -0.05) is 25.0 Å². The van der Waals surface area contributed by atoms with Crippen LogP contribution in [-0.2, 0) is 14.8 Å². The third-order valence-corrected chi connectivity index (χ3v) is 8.78. The van der Waals surface area contributed by atoms with Gasteiger partial charge in [0.1, 0.15) is 17.6 Å². The van der Waals surface area contributed by atoms with Gasteiger partial charge in [-0.2, -0.15) is 0 Å². The predicted octanol–water partition coefficient (Wildman–Crippen LogP) is 5.67. The molecule has 3 aromatic rings. The molecular formula is C29H33NO7S. The van der Waals surface area contributed by atoms with E-state index in [-0.39, 0.29) is 16.9 Å². The molecule has 1 N–H and O–H groups in total. The van der Waals surface area contributed by atoms with E-state index in [0.717, 1.165) is 53.9 Å².